The van der Waals surface area contributed by atoms with Crippen LogP contribution in [0.3, 0.4) is 0 Å². The van der Waals surface area contributed by atoms with Crippen LogP contribution in [0.25, 0.3) is 0 Å². The molecule has 0 aliphatic heterocycles. The van der Waals surface area contributed by atoms with Gasteiger partial charge in [-0.2, -0.15) is 4.21 Å². The molecule has 0 aromatic carbocycles. The molecule has 0 rings (SSSR count). The van der Waals surface area contributed by atoms with Crippen molar-refractivity contribution in [1.82, 2.24) is 0 Å². The van der Waals surface area contributed by atoms with Gasteiger partial charge in [0.25, 0.3) is 0 Å². The topological polar surface area (TPSA) is 133 Å². The maximum atomic E-state index is 9.73. The summed E-state index contributed by atoms with van der Waals surface area (Å²) < 4.78 is 21.3. The summed E-state index contributed by atoms with van der Waals surface area (Å²) in [5, 5.41) is 24.5. The van der Waals surface area contributed by atoms with Gasteiger partial charge < -0.3 is 15.3 Å². The fourth-order valence-electron chi connectivity index (χ4n) is 0.153. The van der Waals surface area contributed by atoms with Crippen LogP contribution in [-0.2, 0) is 15.5 Å². The molecular formula is C2H7NO6S. The maximum absolute atomic E-state index is 9.73. The Kier molecular flexibility index (Phi) is 3.31. The normalized spacial score (nSPS) is 18.5. The Balaban J connectivity index is 3.85. The highest BCUT2D eigenvalue weighted by Gasteiger charge is 2.31. The third-order valence-electron chi connectivity index (χ3n) is 0.568. The first-order valence-electron chi connectivity index (χ1n) is 2.04. The summed E-state index contributed by atoms with van der Waals surface area (Å²) in [5.41, 5.74) is 4.63. The molecule has 0 radical (unpaired) electrons. The summed E-state index contributed by atoms with van der Waals surface area (Å²) >= 11 is -2.75. The lowest BCUT2D eigenvalue weighted by Crippen LogP contribution is -2.49. The molecule has 0 spiro atoms. The largest absolute Gasteiger partial charge is 0.340 e. The minimum absolute atomic E-state index is 2.04. The van der Waals surface area contributed by atoms with Gasteiger partial charge in [0.05, 0.1) is 0 Å². The van der Waals surface area contributed by atoms with E-state index in [0.717, 1.165) is 0 Å². The molecule has 0 fully saturated rings. The van der Waals surface area contributed by atoms with E-state index >= 15 is 0 Å². The number of rotatable bonds is 3. The second-order valence-electron chi connectivity index (χ2n) is 1.42. The minimum Gasteiger partial charge on any atom is -0.340 e. The summed E-state index contributed by atoms with van der Waals surface area (Å²) in [7, 11) is 0. The van der Waals surface area contributed by atoms with Gasteiger partial charge >= 0.3 is 17.3 Å². The van der Waals surface area contributed by atoms with E-state index in [1.165, 1.54) is 0 Å². The van der Waals surface area contributed by atoms with E-state index in [-0.39, 0.29) is 0 Å². The van der Waals surface area contributed by atoms with Crippen LogP contribution in [0.15, 0.2) is 0 Å². The summed E-state index contributed by atoms with van der Waals surface area (Å²) in [6, 6.07) is 0. The summed E-state index contributed by atoms with van der Waals surface area (Å²) in [6.07, 6.45) is -2.04. The van der Waals surface area contributed by atoms with Gasteiger partial charge in [-0.15, -0.1) is 0 Å². The molecule has 10 heavy (non-hydrogen) atoms. The Morgan fingerprint density at radius 3 is 2.00 bits per heavy atom. The van der Waals surface area contributed by atoms with Crippen LogP contribution < -0.4 is 5.73 Å². The molecule has 0 amide bonds. The molecule has 2 atom stereocenters. The van der Waals surface area contributed by atoms with E-state index in [4.69, 9.17) is 19.9 Å². The SMILES string of the molecule is NC(OS(=O)O)C(O)(O)O. The molecular weight excluding hydrogens is 166 g/mol. The van der Waals surface area contributed by atoms with Crippen LogP contribution in [0, 0.1) is 0 Å². The lowest BCUT2D eigenvalue weighted by Gasteiger charge is -2.19. The molecule has 0 saturated carbocycles. The first kappa shape index (κ1) is 9.91. The van der Waals surface area contributed by atoms with Gasteiger partial charge in [0.15, 0.2) is 0 Å². The molecule has 0 heterocycles. The molecule has 0 aromatic rings. The Labute approximate surface area is 58.5 Å². The van der Waals surface area contributed by atoms with Crippen LogP contribution >= 0.6 is 0 Å². The third kappa shape index (κ3) is 3.85. The van der Waals surface area contributed by atoms with Crippen molar-refractivity contribution in [3.63, 3.8) is 0 Å². The van der Waals surface area contributed by atoms with Crippen LogP contribution in [-0.4, -0.2) is 36.3 Å². The van der Waals surface area contributed by atoms with E-state index in [1.807, 2.05) is 0 Å². The smallest absolute Gasteiger partial charge is 0.318 e. The monoisotopic (exact) mass is 173 g/mol. The molecule has 0 saturated heterocycles. The number of hydrogen-bond acceptors (Lipinski definition) is 6. The quantitative estimate of drug-likeness (QED) is 0.227. The van der Waals surface area contributed by atoms with Gasteiger partial charge in [-0.05, 0) is 0 Å². The predicted octanol–water partition coefficient (Wildman–Crippen LogP) is -2.94. The van der Waals surface area contributed by atoms with E-state index in [0.29, 0.717) is 0 Å². The van der Waals surface area contributed by atoms with Crippen LogP contribution in [0.2, 0.25) is 0 Å². The summed E-state index contributed by atoms with van der Waals surface area (Å²) in [6.45, 7) is 0. The van der Waals surface area contributed by atoms with Crippen molar-refractivity contribution >= 4 is 11.4 Å². The van der Waals surface area contributed by atoms with Crippen molar-refractivity contribution < 1.29 is 28.3 Å². The Hall–Kier alpha value is -0.0900. The average Bonchev–Trinajstić information content (AvgIpc) is 1.60. The van der Waals surface area contributed by atoms with Crippen molar-refractivity contribution in [3.05, 3.63) is 0 Å². The zero-order valence-corrected chi connectivity index (χ0v) is 5.48. The van der Waals surface area contributed by atoms with Crippen LogP contribution in [0.5, 0.6) is 0 Å². The zero-order valence-electron chi connectivity index (χ0n) is 4.67. The first-order chi connectivity index (χ1) is 4.34. The fourth-order valence-corrected chi connectivity index (χ4v) is 0.460. The Morgan fingerprint density at radius 1 is 1.50 bits per heavy atom. The highest BCUT2D eigenvalue weighted by molar-refractivity contribution is 7.74. The number of aliphatic hydroxyl groups is 3. The molecule has 0 aromatic heterocycles. The Morgan fingerprint density at radius 2 is 1.90 bits per heavy atom. The van der Waals surface area contributed by atoms with Gasteiger partial charge in [0.1, 0.15) is 0 Å². The molecule has 0 bridgehead atoms. The average molecular weight is 173 g/mol. The van der Waals surface area contributed by atoms with Gasteiger partial charge in [0.2, 0.25) is 6.23 Å². The second kappa shape index (κ2) is 3.34. The molecule has 7 nitrogen and oxygen atoms in total. The zero-order chi connectivity index (χ0) is 8.36. The van der Waals surface area contributed by atoms with Crippen molar-refractivity contribution in [1.29, 1.82) is 0 Å². The van der Waals surface area contributed by atoms with Crippen molar-refractivity contribution in [3.8, 4) is 0 Å². The molecule has 62 valence electrons. The van der Waals surface area contributed by atoms with E-state index in [2.05, 4.69) is 9.92 Å². The predicted molar refractivity (Wildman–Crippen MR) is 29.2 cm³/mol. The molecule has 0 aliphatic rings. The van der Waals surface area contributed by atoms with Crippen molar-refractivity contribution in [2.24, 2.45) is 5.73 Å². The molecule has 8 heteroatoms. The van der Waals surface area contributed by atoms with Crippen LogP contribution in [0.1, 0.15) is 0 Å². The lowest BCUT2D eigenvalue weighted by molar-refractivity contribution is -0.348. The maximum Gasteiger partial charge on any atom is 0.318 e. The van der Waals surface area contributed by atoms with Crippen LogP contribution in [0.4, 0.5) is 0 Å². The van der Waals surface area contributed by atoms with E-state index < -0.39 is 23.6 Å². The number of hydrogen-bond donors (Lipinski definition) is 5. The Bertz CT molecular complexity index is 130. The van der Waals surface area contributed by atoms with Gasteiger partial charge in [0, 0.05) is 0 Å². The lowest BCUT2D eigenvalue weighted by atomic mass is 10.5. The number of nitrogens with two attached hydrogens (primary N) is 1. The third-order valence-corrected chi connectivity index (χ3v) is 0.940. The first-order valence-corrected chi connectivity index (χ1v) is 3.08. The highest BCUT2D eigenvalue weighted by atomic mass is 32.2. The second-order valence-corrected chi connectivity index (χ2v) is 2.05. The fraction of sp³-hybridized carbons (Fsp3) is 1.00. The minimum atomic E-state index is -3.31. The molecule has 0 aliphatic carbocycles. The summed E-state index contributed by atoms with van der Waals surface area (Å²) in [5.74, 6) is -3.31. The van der Waals surface area contributed by atoms with Crippen molar-refractivity contribution in [2.75, 3.05) is 0 Å². The highest BCUT2D eigenvalue weighted by Crippen LogP contribution is 2.00. The van der Waals surface area contributed by atoms with Gasteiger partial charge in [-0.3, -0.25) is 10.3 Å². The standard InChI is InChI=1S/C2H7NO6S/c3-1(2(4,5)6)9-10(7)8/h1,4-6H,3H2,(H,7,8). The molecule has 2 unspecified atom stereocenters. The van der Waals surface area contributed by atoms with Gasteiger partial charge in [-0.25, -0.2) is 4.18 Å². The molecule has 6 N–H and O–H groups in total. The van der Waals surface area contributed by atoms with Crippen molar-refractivity contribution in [2.45, 2.75) is 12.2 Å². The van der Waals surface area contributed by atoms with E-state index in [9.17, 15) is 4.21 Å². The van der Waals surface area contributed by atoms with E-state index in [1.54, 1.807) is 0 Å². The summed E-state index contributed by atoms with van der Waals surface area (Å²) in [4.78, 5) is 0. The van der Waals surface area contributed by atoms with Gasteiger partial charge in [-0.1, -0.05) is 0 Å².